The molecule has 0 aliphatic heterocycles. The minimum absolute atomic E-state index is 0.206. The Balaban J connectivity index is 1.54. The summed E-state index contributed by atoms with van der Waals surface area (Å²) < 4.78 is 0. The van der Waals surface area contributed by atoms with Gasteiger partial charge in [0.2, 0.25) is 0 Å². The van der Waals surface area contributed by atoms with Crippen molar-refractivity contribution in [2.45, 2.75) is 76.4 Å². The average Bonchev–Trinajstić information content (AvgIpc) is 3.41. The number of rotatable bonds is 6. The number of nitrogens with one attached hydrogen (secondary N) is 1. The molecule has 6 heteroatoms. The third-order valence-corrected chi connectivity index (χ3v) is 6.69. The van der Waals surface area contributed by atoms with Gasteiger partial charge in [0.25, 0.3) is 5.91 Å². The first-order chi connectivity index (χ1) is 11.9. The van der Waals surface area contributed by atoms with Gasteiger partial charge in [-0.05, 0) is 69.6 Å². The van der Waals surface area contributed by atoms with E-state index in [9.17, 15) is 9.90 Å². The molecule has 4 fully saturated rings. The summed E-state index contributed by atoms with van der Waals surface area (Å²) in [6.07, 6.45) is 10.6. The van der Waals surface area contributed by atoms with Crippen LogP contribution in [0.1, 0.15) is 74.5 Å². The predicted molar refractivity (Wildman–Crippen MR) is 95.1 cm³/mol. The van der Waals surface area contributed by atoms with E-state index < -0.39 is 11.5 Å². The molecule has 0 saturated heterocycles. The summed E-state index contributed by atoms with van der Waals surface area (Å²) in [7, 11) is 0. The monoisotopic (exact) mass is 344 g/mol. The van der Waals surface area contributed by atoms with Gasteiger partial charge in [0.15, 0.2) is 0 Å². The second-order valence-electron chi connectivity index (χ2n) is 8.58. The van der Waals surface area contributed by atoms with Crippen molar-refractivity contribution in [1.29, 1.82) is 0 Å². The summed E-state index contributed by atoms with van der Waals surface area (Å²) in [5.41, 5.74) is 5.65. The third-order valence-electron chi connectivity index (χ3n) is 6.69. The van der Waals surface area contributed by atoms with Crippen LogP contribution in [0.15, 0.2) is 6.20 Å². The van der Waals surface area contributed by atoms with Crippen molar-refractivity contribution in [3.05, 3.63) is 17.6 Å². The molecular weight excluding hydrogens is 316 g/mol. The molecule has 4 aliphatic carbocycles. The van der Waals surface area contributed by atoms with Crippen LogP contribution in [-0.4, -0.2) is 32.6 Å². The minimum atomic E-state index is -0.490. The fourth-order valence-electron chi connectivity index (χ4n) is 4.57. The summed E-state index contributed by atoms with van der Waals surface area (Å²) >= 11 is 0. The normalized spacial score (nSPS) is 32.4. The highest BCUT2D eigenvalue weighted by molar-refractivity contribution is 5.97. The number of carbonyl (C=O) groups is 1. The average molecular weight is 344 g/mol. The van der Waals surface area contributed by atoms with Crippen LogP contribution in [0.2, 0.25) is 0 Å². The molecule has 1 amide bonds. The highest BCUT2D eigenvalue weighted by Crippen LogP contribution is 2.53. The van der Waals surface area contributed by atoms with Gasteiger partial charge in [0.05, 0.1) is 11.2 Å². The maximum absolute atomic E-state index is 11.7. The molecule has 25 heavy (non-hydrogen) atoms. The lowest BCUT2D eigenvalue weighted by Crippen LogP contribution is -2.47. The molecule has 4 aliphatic rings. The van der Waals surface area contributed by atoms with E-state index in [2.05, 4.69) is 22.2 Å². The zero-order chi connectivity index (χ0) is 17.7. The highest BCUT2D eigenvalue weighted by atomic mass is 16.3. The van der Waals surface area contributed by atoms with E-state index >= 15 is 0 Å². The van der Waals surface area contributed by atoms with Crippen LogP contribution in [-0.2, 0) is 6.42 Å². The fourth-order valence-corrected chi connectivity index (χ4v) is 4.57. The zero-order valence-corrected chi connectivity index (χ0v) is 14.9. The molecule has 136 valence electrons. The van der Waals surface area contributed by atoms with Crippen molar-refractivity contribution in [2.24, 2.45) is 17.1 Å². The minimum Gasteiger partial charge on any atom is -0.390 e. The summed E-state index contributed by atoms with van der Waals surface area (Å²) in [6.45, 7) is 2.13. The van der Waals surface area contributed by atoms with Gasteiger partial charge >= 0.3 is 0 Å². The topological polar surface area (TPSA) is 101 Å². The SMILES string of the molecule is C[C@@H](Nc1nc(CC23CCC(O)(CC2)CC3)ncc1C(N)=O)C1CC1. The number of aliphatic hydroxyl groups is 1. The Bertz CT molecular complexity index is 661. The van der Waals surface area contributed by atoms with E-state index in [-0.39, 0.29) is 5.41 Å². The quantitative estimate of drug-likeness (QED) is 0.736. The number of hydrogen-bond donors (Lipinski definition) is 3. The van der Waals surface area contributed by atoms with E-state index in [1.54, 1.807) is 6.20 Å². The van der Waals surface area contributed by atoms with Crippen LogP contribution < -0.4 is 11.1 Å². The lowest BCUT2D eigenvalue weighted by atomic mass is 9.57. The third kappa shape index (κ3) is 3.36. The van der Waals surface area contributed by atoms with E-state index in [4.69, 9.17) is 5.73 Å². The molecule has 0 aromatic carbocycles. The molecule has 4 N–H and O–H groups in total. The van der Waals surface area contributed by atoms with Gasteiger partial charge in [0, 0.05) is 18.7 Å². The maximum Gasteiger partial charge on any atom is 0.254 e. The molecule has 5 rings (SSSR count). The second kappa shape index (κ2) is 5.94. The van der Waals surface area contributed by atoms with Crippen LogP contribution in [0.4, 0.5) is 5.82 Å². The first-order valence-electron chi connectivity index (χ1n) is 9.53. The van der Waals surface area contributed by atoms with Crippen molar-refractivity contribution < 1.29 is 9.90 Å². The van der Waals surface area contributed by atoms with Crippen molar-refractivity contribution in [1.82, 2.24) is 9.97 Å². The molecule has 1 atom stereocenters. The van der Waals surface area contributed by atoms with Crippen LogP contribution in [0.25, 0.3) is 0 Å². The number of aromatic nitrogens is 2. The number of anilines is 1. The number of nitrogens with zero attached hydrogens (tertiary/aromatic N) is 2. The largest absolute Gasteiger partial charge is 0.390 e. The van der Waals surface area contributed by atoms with Crippen molar-refractivity contribution in [3.63, 3.8) is 0 Å². The number of nitrogens with two attached hydrogens (primary N) is 1. The molecule has 1 aromatic rings. The van der Waals surface area contributed by atoms with Crippen molar-refractivity contribution in [3.8, 4) is 0 Å². The Kier molecular flexibility index (Phi) is 3.98. The molecule has 0 unspecified atom stereocenters. The number of amides is 1. The highest BCUT2D eigenvalue weighted by Gasteiger charge is 2.47. The van der Waals surface area contributed by atoms with Crippen LogP contribution in [0, 0.1) is 11.3 Å². The molecule has 1 aromatic heterocycles. The van der Waals surface area contributed by atoms with E-state index in [0.717, 1.165) is 50.8 Å². The fraction of sp³-hybridized carbons (Fsp3) is 0.737. The first-order valence-corrected chi connectivity index (χ1v) is 9.53. The van der Waals surface area contributed by atoms with E-state index in [1.807, 2.05) is 0 Å². The van der Waals surface area contributed by atoms with Gasteiger partial charge in [-0.25, -0.2) is 9.97 Å². The van der Waals surface area contributed by atoms with Crippen LogP contribution >= 0.6 is 0 Å². The first kappa shape index (κ1) is 16.8. The lowest BCUT2D eigenvalue weighted by molar-refractivity contribution is -0.0920. The molecule has 6 nitrogen and oxygen atoms in total. The number of fused-ring (bicyclic) bond motifs is 3. The molecule has 0 spiro atoms. The summed E-state index contributed by atoms with van der Waals surface area (Å²) in [5, 5.41) is 13.8. The Morgan fingerprint density at radius 3 is 2.52 bits per heavy atom. The van der Waals surface area contributed by atoms with Gasteiger partial charge < -0.3 is 16.2 Å². The van der Waals surface area contributed by atoms with E-state index in [0.29, 0.717) is 23.3 Å². The molecule has 4 saturated carbocycles. The Morgan fingerprint density at radius 2 is 1.96 bits per heavy atom. The van der Waals surface area contributed by atoms with Crippen LogP contribution in [0.3, 0.4) is 0 Å². The summed E-state index contributed by atoms with van der Waals surface area (Å²) in [5.74, 6) is 1.53. The number of primary amides is 1. The molecule has 1 heterocycles. The molecule has 2 bridgehead atoms. The van der Waals surface area contributed by atoms with Gasteiger partial charge in [0.1, 0.15) is 11.6 Å². The van der Waals surface area contributed by atoms with Crippen molar-refractivity contribution in [2.75, 3.05) is 5.32 Å². The molecule has 0 radical (unpaired) electrons. The predicted octanol–water partition coefficient (Wildman–Crippen LogP) is 2.41. The van der Waals surface area contributed by atoms with Gasteiger partial charge in [-0.15, -0.1) is 0 Å². The number of hydrogen-bond acceptors (Lipinski definition) is 5. The number of carbonyl (C=O) groups excluding carboxylic acids is 1. The Morgan fingerprint density at radius 1 is 1.32 bits per heavy atom. The van der Waals surface area contributed by atoms with Gasteiger partial charge in [-0.1, -0.05) is 0 Å². The van der Waals surface area contributed by atoms with Gasteiger partial charge in [-0.2, -0.15) is 0 Å². The standard InChI is InChI=1S/C19H28N4O2/c1-12(13-2-3-13)22-17-14(16(20)24)11-21-15(23-17)10-18-4-7-19(25,8-5-18)9-6-18/h11-13,25H,2-10H2,1H3,(H2,20,24)(H,21,22,23)/t12-,18?,19?/m1/s1. The second-order valence-corrected chi connectivity index (χ2v) is 8.58. The maximum atomic E-state index is 11.7. The zero-order valence-electron chi connectivity index (χ0n) is 14.9. The molecular formula is C19H28N4O2. The summed E-state index contributed by atoms with van der Waals surface area (Å²) in [6, 6.07) is 0.290. The van der Waals surface area contributed by atoms with Gasteiger partial charge in [-0.3, -0.25) is 4.79 Å². The Labute approximate surface area is 148 Å². The summed E-state index contributed by atoms with van der Waals surface area (Å²) in [4.78, 5) is 20.8. The smallest absolute Gasteiger partial charge is 0.254 e. The lowest BCUT2D eigenvalue weighted by Gasteiger charge is -2.50. The Hall–Kier alpha value is -1.69. The van der Waals surface area contributed by atoms with Crippen molar-refractivity contribution >= 4 is 11.7 Å². The van der Waals surface area contributed by atoms with E-state index in [1.165, 1.54) is 12.8 Å². The van der Waals surface area contributed by atoms with Crippen LogP contribution in [0.5, 0.6) is 0 Å².